The number of unbranched alkanes of at least 4 members (excludes halogenated alkanes) is 3. The Morgan fingerprint density at radius 1 is 1.09 bits per heavy atom. The first kappa shape index (κ1) is 23.7. The van der Waals surface area contributed by atoms with Crippen LogP contribution in [0.5, 0.6) is 0 Å². The molecule has 3 rings (SSSR count). The van der Waals surface area contributed by atoms with Crippen molar-refractivity contribution in [3.05, 3.63) is 75.8 Å². The number of para-hydroxylation sites is 1. The quantitative estimate of drug-likeness (QED) is 0.445. The number of aryl methyl sites for hydroxylation is 1. The highest BCUT2D eigenvalue weighted by molar-refractivity contribution is 5.94. The number of ether oxygens (including phenoxy) is 1. The molecule has 2 aromatic carbocycles. The number of carbonyl (C=O) groups excluding carboxylic acids is 1. The molecule has 0 saturated heterocycles. The highest BCUT2D eigenvalue weighted by Gasteiger charge is 2.19. The zero-order valence-corrected chi connectivity index (χ0v) is 19.3. The van der Waals surface area contributed by atoms with E-state index in [0.29, 0.717) is 35.4 Å². The van der Waals surface area contributed by atoms with Gasteiger partial charge in [0.1, 0.15) is 5.82 Å². The first-order valence-corrected chi connectivity index (χ1v) is 11.4. The van der Waals surface area contributed by atoms with Crippen LogP contribution in [0.4, 0.5) is 0 Å². The summed E-state index contributed by atoms with van der Waals surface area (Å²) in [4.78, 5) is 30.6. The molecule has 0 spiro atoms. The van der Waals surface area contributed by atoms with Crippen molar-refractivity contribution in [1.82, 2.24) is 14.9 Å². The van der Waals surface area contributed by atoms with Crippen LogP contribution in [0, 0.1) is 0 Å². The van der Waals surface area contributed by atoms with Crippen LogP contribution in [0.25, 0.3) is 10.9 Å². The Balaban J connectivity index is 1.76. The van der Waals surface area contributed by atoms with E-state index in [0.717, 1.165) is 6.42 Å². The Morgan fingerprint density at radius 3 is 2.56 bits per heavy atom. The second-order valence-corrected chi connectivity index (χ2v) is 8.14. The normalized spacial score (nSPS) is 12.1. The Hall–Kier alpha value is -2.99. The van der Waals surface area contributed by atoms with Crippen LogP contribution >= 0.6 is 0 Å². The molecule has 0 radical (unpaired) electrons. The summed E-state index contributed by atoms with van der Waals surface area (Å²) >= 11 is 0. The van der Waals surface area contributed by atoms with Crippen LogP contribution in [0.15, 0.2) is 53.3 Å². The van der Waals surface area contributed by atoms with Gasteiger partial charge in [0, 0.05) is 12.7 Å². The molecular formula is C26H33N3O3. The minimum absolute atomic E-state index is 0.129. The minimum atomic E-state index is -0.439. The molecule has 32 heavy (non-hydrogen) atoms. The molecule has 0 aliphatic heterocycles. The molecule has 1 unspecified atom stereocenters. The van der Waals surface area contributed by atoms with Gasteiger partial charge in [-0.25, -0.2) is 4.98 Å². The van der Waals surface area contributed by atoms with Crippen LogP contribution < -0.4 is 10.9 Å². The molecule has 170 valence electrons. The highest BCUT2D eigenvalue weighted by Crippen LogP contribution is 2.15. The highest BCUT2D eigenvalue weighted by atomic mass is 16.5. The lowest BCUT2D eigenvalue weighted by atomic mass is 10.0. The van der Waals surface area contributed by atoms with Crippen LogP contribution in [0.3, 0.4) is 0 Å². The number of hydrogen-bond donors (Lipinski definition) is 1. The molecule has 1 atom stereocenters. The Labute approximate surface area is 189 Å². The lowest BCUT2D eigenvalue weighted by Crippen LogP contribution is -2.34. The molecule has 1 aromatic heterocycles. The number of amides is 1. The maximum Gasteiger partial charge on any atom is 0.261 e. The van der Waals surface area contributed by atoms with Gasteiger partial charge >= 0.3 is 0 Å². The molecule has 0 aliphatic rings. The molecule has 0 aliphatic carbocycles. The predicted octanol–water partition coefficient (Wildman–Crippen LogP) is 4.66. The summed E-state index contributed by atoms with van der Waals surface area (Å²) < 4.78 is 6.77. The van der Waals surface area contributed by atoms with Crippen molar-refractivity contribution >= 4 is 16.8 Å². The summed E-state index contributed by atoms with van der Waals surface area (Å²) in [6, 6.07) is 14.6. The fraction of sp³-hybridized carbons (Fsp3) is 0.423. The number of nitrogens with zero attached hydrogens (tertiary/aromatic N) is 2. The van der Waals surface area contributed by atoms with Crippen molar-refractivity contribution in [3.8, 4) is 0 Å². The standard InChI is InChI=1S/C26H33N3O3/c1-4-5-6-7-10-20-13-15-21(16-14-20)25(30)27-19(2)24-28-23-12-9-8-11-22(23)26(31)29(24)17-18-32-3/h8-9,11-16,19H,4-7,10,17-18H2,1-3H3,(H,27,30). The molecule has 1 amide bonds. The van der Waals surface area contributed by atoms with E-state index in [1.165, 1.54) is 31.2 Å². The minimum Gasteiger partial charge on any atom is -0.383 e. The van der Waals surface area contributed by atoms with Crippen LogP contribution in [0.1, 0.15) is 67.3 Å². The average Bonchev–Trinajstić information content (AvgIpc) is 2.81. The predicted molar refractivity (Wildman–Crippen MR) is 128 cm³/mol. The van der Waals surface area contributed by atoms with Gasteiger partial charge in [-0.3, -0.25) is 14.2 Å². The van der Waals surface area contributed by atoms with Crippen molar-refractivity contribution < 1.29 is 9.53 Å². The van der Waals surface area contributed by atoms with Gasteiger partial charge in [0.15, 0.2) is 0 Å². The van der Waals surface area contributed by atoms with Crippen LogP contribution in [-0.4, -0.2) is 29.2 Å². The number of aromatic nitrogens is 2. The average molecular weight is 436 g/mol. The zero-order valence-electron chi connectivity index (χ0n) is 19.3. The number of methoxy groups -OCH3 is 1. The Kier molecular flexibility index (Phi) is 8.56. The van der Waals surface area contributed by atoms with E-state index in [2.05, 4.69) is 12.2 Å². The van der Waals surface area contributed by atoms with E-state index in [1.807, 2.05) is 49.4 Å². The molecule has 0 fully saturated rings. The summed E-state index contributed by atoms with van der Waals surface area (Å²) in [5.41, 5.74) is 2.34. The number of nitrogens with one attached hydrogen (secondary N) is 1. The van der Waals surface area contributed by atoms with Gasteiger partial charge in [-0.15, -0.1) is 0 Å². The number of hydrogen-bond acceptors (Lipinski definition) is 4. The Morgan fingerprint density at radius 2 is 1.84 bits per heavy atom. The monoisotopic (exact) mass is 435 g/mol. The summed E-state index contributed by atoms with van der Waals surface area (Å²) in [5, 5.41) is 3.55. The van der Waals surface area contributed by atoms with Gasteiger partial charge in [-0.1, -0.05) is 50.5 Å². The smallest absolute Gasteiger partial charge is 0.261 e. The molecule has 1 N–H and O–H groups in total. The molecule has 6 heteroatoms. The van der Waals surface area contributed by atoms with E-state index in [4.69, 9.17) is 9.72 Å². The molecule has 0 saturated carbocycles. The summed E-state index contributed by atoms with van der Waals surface area (Å²) in [6.07, 6.45) is 5.92. The molecule has 6 nitrogen and oxygen atoms in total. The molecule has 1 heterocycles. The third-order valence-electron chi connectivity index (χ3n) is 5.68. The largest absolute Gasteiger partial charge is 0.383 e. The number of carbonyl (C=O) groups is 1. The van der Waals surface area contributed by atoms with E-state index < -0.39 is 6.04 Å². The lowest BCUT2D eigenvalue weighted by Gasteiger charge is -2.19. The number of benzene rings is 2. The van der Waals surface area contributed by atoms with Gasteiger partial charge in [-0.2, -0.15) is 0 Å². The SMILES string of the molecule is CCCCCCc1ccc(C(=O)NC(C)c2nc3ccccc3c(=O)n2CCOC)cc1. The van der Waals surface area contributed by atoms with Gasteiger partial charge < -0.3 is 10.1 Å². The molecule has 0 bridgehead atoms. The van der Waals surface area contributed by atoms with Crippen molar-refractivity contribution in [2.45, 2.75) is 58.5 Å². The van der Waals surface area contributed by atoms with Crippen molar-refractivity contribution in [2.75, 3.05) is 13.7 Å². The fourth-order valence-corrected chi connectivity index (χ4v) is 3.84. The third-order valence-corrected chi connectivity index (χ3v) is 5.68. The fourth-order valence-electron chi connectivity index (χ4n) is 3.84. The van der Waals surface area contributed by atoms with Gasteiger partial charge in [0.05, 0.1) is 30.1 Å². The second kappa shape index (κ2) is 11.6. The van der Waals surface area contributed by atoms with Crippen LogP contribution in [-0.2, 0) is 17.7 Å². The first-order valence-electron chi connectivity index (χ1n) is 11.4. The van der Waals surface area contributed by atoms with Crippen molar-refractivity contribution in [1.29, 1.82) is 0 Å². The lowest BCUT2D eigenvalue weighted by molar-refractivity contribution is 0.0937. The van der Waals surface area contributed by atoms with E-state index in [-0.39, 0.29) is 11.5 Å². The maximum atomic E-state index is 13.0. The van der Waals surface area contributed by atoms with Crippen molar-refractivity contribution in [2.24, 2.45) is 0 Å². The Bertz CT molecular complexity index is 1090. The second-order valence-electron chi connectivity index (χ2n) is 8.14. The van der Waals surface area contributed by atoms with Gasteiger partial charge in [-0.05, 0) is 49.6 Å². The van der Waals surface area contributed by atoms with Gasteiger partial charge in [0.25, 0.3) is 11.5 Å². The zero-order chi connectivity index (χ0) is 22.9. The maximum absolute atomic E-state index is 13.0. The van der Waals surface area contributed by atoms with E-state index in [1.54, 1.807) is 17.7 Å². The van der Waals surface area contributed by atoms with Crippen molar-refractivity contribution in [3.63, 3.8) is 0 Å². The summed E-state index contributed by atoms with van der Waals surface area (Å²) in [5.74, 6) is 0.336. The number of rotatable bonds is 11. The molecule has 3 aromatic rings. The summed E-state index contributed by atoms with van der Waals surface area (Å²) in [6.45, 7) is 4.81. The summed E-state index contributed by atoms with van der Waals surface area (Å²) in [7, 11) is 1.60. The first-order chi connectivity index (χ1) is 15.5. The third kappa shape index (κ3) is 5.82. The van der Waals surface area contributed by atoms with Gasteiger partial charge in [0.2, 0.25) is 0 Å². The van der Waals surface area contributed by atoms with Crippen LogP contribution in [0.2, 0.25) is 0 Å². The van der Waals surface area contributed by atoms with E-state index in [9.17, 15) is 9.59 Å². The molecular weight excluding hydrogens is 402 g/mol. The number of fused-ring (bicyclic) bond motifs is 1. The topological polar surface area (TPSA) is 73.2 Å². The van der Waals surface area contributed by atoms with E-state index >= 15 is 0 Å².